The number of rotatable bonds is 5. The Morgan fingerprint density at radius 2 is 1.00 bits per heavy atom. The van der Waals surface area contributed by atoms with Crippen molar-refractivity contribution in [3.63, 3.8) is 0 Å². The fraction of sp³-hybridized carbons (Fsp3) is 0.0566. The first-order chi connectivity index (χ1) is 27.0. The summed E-state index contributed by atoms with van der Waals surface area (Å²) < 4.78 is 6.34. The number of fused-ring (bicyclic) bond motifs is 9. The molecule has 0 fully saturated rings. The highest BCUT2D eigenvalue weighted by molar-refractivity contribution is 6.15. The molecule has 2 heteroatoms. The van der Waals surface area contributed by atoms with Crippen molar-refractivity contribution in [1.29, 1.82) is 0 Å². The van der Waals surface area contributed by atoms with Crippen LogP contribution in [0, 0.1) is 0 Å². The van der Waals surface area contributed by atoms with Gasteiger partial charge in [0.05, 0.1) is 0 Å². The van der Waals surface area contributed by atoms with Gasteiger partial charge in [-0.3, -0.25) is 0 Å². The lowest BCUT2D eigenvalue weighted by Crippen LogP contribution is -2.15. The fourth-order valence-corrected chi connectivity index (χ4v) is 9.06. The summed E-state index contributed by atoms with van der Waals surface area (Å²) in [5.41, 5.74) is 15.4. The summed E-state index contributed by atoms with van der Waals surface area (Å²) >= 11 is 0. The second-order valence-electron chi connectivity index (χ2n) is 15.3. The van der Waals surface area contributed by atoms with Gasteiger partial charge in [0.1, 0.15) is 11.2 Å². The molecule has 11 rings (SSSR count). The molecule has 1 aliphatic carbocycles. The van der Waals surface area contributed by atoms with E-state index in [1.165, 1.54) is 60.7 Å². The first-order valence-corrected chi connectivity index (χ1v) is 19.1. The largest absolute Gasteiger partial charge is 0.455 e. The van der Waals surface area contributed by atoms with Crippen molar-refractivity contribution >= 4 is 60.5 Å². The highest BCUT2D eigenvalue weighted by atomic mass is 16.3. The van der Waals surface area contributed by atoms with E-state index in [0.29, 0.717) is 0 Å². The Morgan fingerprint density at radius 1 is 0.382 bits per heavy atom. The molecule has 55 heavy (non-hydrogen) atoms. The number of hydrogen-bond donors (Lipinski definition) is 0. The zero-order chi connectivity index (χ0) is 36.7. The number of furan rings is 1. The number of para-hydroxylation sites is 1. The van der Waals surface area contributed by atoms with E-state index in [9.17, 15) is 0 Å². The topological polar surface area (TPSA) is 16.4 Å². The third-order valence-corrected chi connectivity index (χ3v) is 11.9. The van der Waals surface area contributed by atoms with Crippen LogP contribution in [0.25, 0.3) is 76.9 Å². The maximum Gasteiger partial charge on any atom is 0.143 e. The molecular weight excluding hydrogens is 667 g/mol. The molecule has 0 unspecified atom stereocenters. The van der Waals surface area contributed by atoms with Crippen molar-refractivity contribution in [2.24, 2.45) is 0 Å². The minimum Gasteiger partial charge on any atom is -0.455 e. The molecule has 2 nitrogen and oxygen atoms in total. The molecule has 1 heterocycles. The van der Waals surface area contributed by atoms with Gasteiger partial charge < -0.3 is 9.32 Å². The van der Waals surface area contributed by atoms with Gasteiger partial charge >= 0.3 is 0 Å². The summed E-state index contributed by atoms with van der Waals surface area (Å²) in [4.78, 5) is 2.39. The highest BCUT2D eigenvalue weighted by Crippen LogP contribution is 2.50. The molecule has 0 bridgehead atoms. The predicted molar refractivity (Wildman–Crippen MR) is 232 cm³/mol. The van der Waals surface area contributed by atoms with E-state index >= 15 is 0 Å². The monoisotopic (exact) mass is 703 g/mol. The van der Waals surface area contributed by atoms with E-state index in [2.05, 4.69) is 195 Å². The summed E-state index contributed by atoms with van der Waals surface area (Å²) in [6.45, 7) is 4.68. The average molecular weight is 704 g/mol. The molecule has 260 valence electrons. The number of hydrogen-bond acceptors (Lipinski definition) is 2. The molecule has 0 spiro atoms. The summed E-state index contributed by atoms with van der Waals surface area (Å²) in [5.74, 6) is 0. The van der Waals surface area contributed by atoms with Crippen molar-refractivity contribution in [3.05, 3.63) is 199 Å². The average Bonchev–Trinajstić information content (AvgIpc) is 3.73. The van der Waals surface area contributed by atoms with Gasteiger partial charge in [-0.2, -0.15) is 0 Å². The van der Waals surface area contributed by atoms with Crippen LogP contribution in [0.2, 0.25) is 0 Å². The molecule has 1 aliphatic rings. The number of benzene rings is 9. The first kappa shape index (κ1) is 31.6. The molecule has 0 saturated heterocycles. The molecule has 0 atom stereocenters. The van der Waals surface area contributed by atoms with Crippen molar-refractivity contribution in [2.45, 2.75) is 19.3 Å². The normalized spacial score (nSPS) is 13.1. The summed E-state index contributed by atoms with van der Waals surface area (Å²) in [5, 5.41) is 7.13. The number of anilines is 3. The van der Waals surface area contributed by atoms with E-state index in [1.54, 1.807) is 0 Å². The Labute approximate surface area is 320 Å². The lowest BCUT2D eigenvalue weighted by atomic mass is 9.82. The van der Waals surface area contributed by atoms with Crippen LogP contribution in [-0.2, 0) is 5.41 Å². The van der Waals surface area contributed by atoms with Crippen LogP contribution in [0.3, 0.4) is 0 Å². The van der Waals surface area contributed by atoms with Crippen LogP contribution in [0.4, 0.5) is 17.1 Å². The Kier molecular flexibility index (Phi) is 6.93. The zero-order valence-electron chi connectivity index (χ0n) is 30.8. The van der Waals surface area contributed by atoms with E-state index < -0.39 is 0 Å². The Hall–Kier alpha value is -6.90. The third kappa shape index (κ3) is 4.95. The van der Waals surface area contributed by atoms with Crippen LogP contribution in [-0.4, -0.2) is 0 Å². The lowest BCUT2D eigenvalue weighted by Gasteiger charge is -2.27. The highest BCUT2D eigenvalue weighted by Gasteiger charge is 2.35. The quantitative estimate of drug-likeness (QED) is 0.177. The summed E-state index contributed by atoms with van der Waals surface area (Å²) in [6.07, 6.45) is 0. The van der Waals surface area contributed by atoms with Crippen molar-refractivity contribution in [2.75, 3.05) is 4.90 Å². The zero-order valence-corrected chi connectivity index (χ0v) is 30.8. The SMILES string of the molecule is CC1(C)c2ccccc2-c2cc(N(c3ccc(-c4ccc5c(ccc6c7ccccc7oc56)c4)cc3)c3ccc(-c4cccc5ccccc45)cc3)ccc21. The minimum absolute atomic E-state index is 0.0485. The van der Waals surface area contributed by atoms with Crippen LogP contribution >= 0.6 is 0 Å². The molecule has 9 aromatic carbocycles. The summed E-state index contributed by atoms with van der Waals surface area (Å²) in [7, 11) is 0. The van der Waals surface area contributed by atoms with Gasteiger partial charge in [0.25, 0.3) is 0 Å². The van der Waals surface area contributed by atoms with Gasteiger partial charge in [0.15, 0.2) is 0 Å². The van der Waals surface area contributed by atoms with Gasteiger partial charge in [-0.1, -0.05) is 141 Å². The molecule has 0 amide bonds. The molecule has 0 N–H and O–H groups in total. The van der Waals surface area contributed by atoms with Gasteiger partial charge in [0.2, 0.25) is 0 Å². The maximum atomic E-state index is 6.34. The third-order valence-electron chi connectivity index (χ3n) is 11.9. The Bertz CT molecular complexity index is 3110. The predicted octanol–water partition coefficient (Wildman–Crippen LogP) is 15.0. The second kappa shape index (κ2) is 12.1. The first-order valence-electron chi connectivity index (χ1n) is 19.1. The van der Waals surface area contributed by atoms with Gasteiger partial charge in [-0.15, -0.1) is 0 Å². The van der Waals surface area contributed by atoms with E-state index in [0.717, 1.165) is 44.4 Å². The van der Waals surface area contributed by atoms with Crippen molar-refractivity contribution in [1.82, 2.24) is 0 Å². The molecular formula is C53H37NO. The van der Waals surface area contributed by atoms with Gasteiger partial charge in [0, 0.05) is 38.6 Å². The Morgan fingerprint density at radius 3 is 1.84 bits per heavy atom. The molecule has 0 saturated carbocycles. The lowest BCUT2D eigenvalue weighted by molar-refractivity contribution is 0.660. The molecule has 10 aromatic rings. The molecule has 0 aliphatic heterocycles. The number of nitrogens with zero attached hydrogens (tertiary/aromatic N) is 1. The maximum absolute atomic E-state index is 6.34. The smallest absolute Gasteiger partial charge is 0.143 e. The Balaban J connectivity index is 1.01. The van der Waals surface area contributed by atoms with Crippen LogP contribution < -0.4 is 4.90 Å². The minimum atomic E-state index is -0.0485. The van der Waals surface area contributed by atoms with E-state index in [4.69, 9.17) is 4.42 Å². The van der Waals surface area contributed by atoms with E-state index in [1.807, 2.05) is 12.1 Å². The molecule has 0 radical (unpaired) electrons. The van der Waals surface area contributed by atoms with Crippen molar-refractivity contribution in [3.8, 4) is 33.4 Å². The van der Waals surface area contributed by atoms with Crippen LogP contribution in [0.15, 0.2) is 192 Å². The second-order valence-corrected chi connectivity index (χ2v) is 15.3. The van der Waals surface area contributed by atoms with Gasteiger partial charge in [-0.25, -0.2) is 0 Å². The van der Waals surface area contributed by atoms with Crippen LogP contribution in [0.1, 0.15) is 25.0 Å². The van der Waals surface area contributed by atoms with Crippen LogP contribution in [0.5, 0.6) is 0 Å². The standard InChI is InChI=1S/C53H37NO/c1-53(2)49-16-7-5-13-45(49)48-33-41(28-31-50(48)53)54(40-26-20-36(21-27-40)43-15-9-11-35-10-3-4-12-42(35)43)39-24-18-34(19-25-39)37-22-29-44-38(32-37)23-30-47-46-14-6-8-17-51(46)55-52(44)47/h3-33H,1-2H3. The van der Waals surface area contributed by atoms with Gasteiger partial charge in [-0.05, 0) is 121 Å². The molecule has 1 aromatic heterocycles. The fourth-order valence-electron chi connectivity index (χ4n) is 9.06. The summed E-state index contributed by atoms with van der Waals surface area (Å²) in [6, 6.07) is 68.5. The van der Waals surface area contributed by atoms with Crippen molar-refractivity contribution < 1.29 is 4.42 Å². The van der Waals surface area contributed by atoms with E-state index in [-0.39, 0.29) is 5.41 Å².